The summed E-state index contributed by atoms with van der Waals surface area (Å²) in [6, 6.07) is 19.1. The number of rotatable bonds is 5. The van der Waals surface area contributed by atoms with Crippen LogP contribution in [0.25, 0.3) is 11.0 Å². The van der Waals surface area contributed by atoms with Crippen LogP contribution in [0.15, 0.2) is 71.7 Å². The standard InChI is InChI=1S/C26H24N2O2/c1-4-19-7-5-6-8-21(19)15-28-16-23(24(29)20-12-9-17(2)10-13-20)25(30)22-14-11-18(3)27-26(22)28/h5-14,16H,4,15H2,1-3H3. The fourth-order valence-electron chi connectivity index (χ4n) is 3.74. The fourth-order valence-corrected chi connectivity index (χ4v) is 3.74. The van der Waals surface area contributed by atoms with Gasteiger partial charge in [-0.05, 0) is 43.5 Å². The van der Waals surface area contributed by atoms with Gasteiger partial charge in [0.05, 0.1) is 10.9 Å². The molecule has 0 atom stereocenters. The summed E-state index contributed by atoms with van der Waals surface area (Å²) in [5.74, 6) is -0.264. The van der Waals surface area contributed by atoms with Gasteiger partial charge in [-0.15, -0.1) is 0 Å². The van der Waals surface area contributed by atoms with Crippen LogP contribution in [-0.4, -0.2) is 15.3 Å². The first-order chi connectivity index (χ1) is 14.5. The Labute approximate surface area is 175 Å². The number of nitrogens with zero attached hydrogens (tertiary/aromatic N) is 2. The van der Waals surface area contributed by atoms with Gasteiger partial charge in [-0.2, -0.15) is 0 Å². The predicted octanol–water partition coefficient (Wildman–Crippen LogP) is 4.86. The first-order valence-corrected chi connectivity index (χ1v) is 10.2. The lowest BCUT2D eigenvalue weighted by Gasteiger charge is -2.15. The Balaban J connectivity index is 1.91. The molecule has 2 heterocycles. The number of aromatic nitrogens is 2. The molecule has 0 saturated carbocycles. The highest BCUT2D eigenvalue weighted by Crippen LogP contribution is 2.18. The molecule has 4 heteroatoms. The number of carbonyl (C=O) groups is 1. The Morgan fingerprint density at radius 3 is 2.33 bits per heavy atom. The van der Waals surface area contributed by atoms with Crippen LogP contribution in [0.5, 0.6) is 0 Å². The van der Waals surface area contributed by atoms with Crippen LogP contribution in [0.2, 0.25) is 0 Å². The van der Waals surface area contributed by atoms with Crippen LogP contribution in [-0.2, 0) is 13.0 Å². The predicted molar refractivity (Wildman–Crippen MR) is 120 cm³/mol. The summed E-state index contributed by atoms with van der Waals surface area (Å²) < 4.78 is 1.93. The normalized spacial score (nSPS) is 11.0. The van der Waals surface area contributed by atoms with Crippen molar-refractivity contribution in [3.8, 4) is 0 Å². The molecule has 4 rings (SSSR count). The van der Waals surface area contributed by atoms with E-state index in [9.17, 15) is 9.59 Å². The summed E-state index contributed by atoms with van der Waals surface area (Å²) in [7, 11) is 0. The molecular formula is C26H24N2O2. The Kier molecular flexibility index (Phi) is 5.32. The topological polar surface area (TPSA) is 52.0 Å². The molecule has 0 aliphatic rings. The first-order valence-electron chi connectivity index (χ1n) is 10.2. The largest absolute Gasteiger partial charge is 0.327 e. The third-order valence-corrected chi connectivity index (χ3v) is 5.46. The molecule has 0 amide bonds. The van der Waals surface area contributed by atoms with Crippen LogP contribution in [0, 0.1) is 13.8 Å². The highest BCUT2D eigenvalue weighted by molar-refractivity contribution is 6.10. The van der Waals surface area contributed by atoms with Crippen molar-refractivity contribution in [3.05, 3.63) is 111 Å². The molecule has 2 aromatic carbocycles. The van der Waals surface area contributed by atoms with E-state index < -0.39 is 0 Å². The summed E-state index contributed by atoms with van der Waals surface area (Å²) in [6.45, 7) is 6.54. The van der Waals surface area contributed by atoms with E-state index in [1.807, 2.05) is 48.7 Å². The van der Waals surface area contributed by atoms with Gasteiger partial charge in [0.15, 0.2) is 5.78 Å². The van der Waals surface area contributed by atoms with Gasteiger partial charge in [-0.3, -0.25) is 9.59 Å². The smallest absolute Gasteiger partial charge is 0.202 e. The second kappa shape index (κ2) is 8.07. The van der Waals surface area contributed by atoms with Crippen LogP contribution < -0.4 is 5.43 Å². The summed E-state index contributed by atoms with van der Waals surface area (Å²) in [5.41, 5.74) is 5.30. The van der Waals surface area contributed by atoms with Crippen molar-refractivity contribution in [2.45, 2.75) is 33.7 Å². The third kappa shape index (κ3) is 3.69. The molecule has 4 aromatic rings. The molecule has 0 spiro atoms. The van der Waals surface area contributed by atoms with Crippen molar-refractivity contribution in [2.75, 3.05) is 0 Å². The first kappa shape index (κ1) is 19.8. The van der Waals surface area contributed by atoms with Crippen LogP contribution in [0.4, 0.5) is 0 Å². The minimum absolute atomic E-state index is 0.172. The molecule has 0 saturated heterocycles. The van der Waals surface area contributed by atoms with E-state index in [0.29, 0.717) is 23.1 Å². The lowest BCUT2D eigenvalue weighted by atomic mass is 10.0. The number of hydrogen-bond acceptors (Lipinski definition) is 3. The van der Waals surface area contributed by atoms with Crippen molar-refractivity contribution in [2.24, 2.45) is 0 Å². The maximum Gasteiger partial charge on any atom is 0.202 e. The maximum atomic E-state index is 13.2. The zero-order chi connectivity index (χ0) is 21.3. The minimum atomic E-state index is -0.275. The number of ketones is 1. The van der Waals surface area contributed by atoms with E-state index in [2.05, 4.69) is 24.0 Å². The van der Waals surface area contributed by atoms with Gasteiger partial charge in [0.2, 0.25) is 5.43 Å². The Morgan fingerprint density at radius 2 is 1.63 bits per heavy atom. The van der Waals surface area contributed by atoms with E-state index in [1.165, 1.54) is 5.56 Å². The van der Waals surface area contributed by atoms with Crippen molar-refractivity contribution >= 4 is 16.8 Å². The maximum absolute atomic E-state index is 13.2. The molecule has 150 valence electrons. The second-order valence-electron chi connectivity index (χ2n) is 7.64. The Hall–Kier alpha value is -3.53. The van der Waals surface area contributed by atoms with E-state index in [0.717, 1.165) is 23.2 Å². The van der Waals surface area contributed by atoms with Gasteiger partial charge < -0.3 is 4.57 Å². The molecule has 2 aromatic heterocycles. The van der Waals surface area contributed by atoms with Crippen molar-refractivity contribution < 1.29 is 4.79 Å². The van der Waals surface area contributed by atoms with E-state index in [1.54, 1.807) is 24.4 Å². The van der Waals surface area contributed by atoms with Crippen molar-refractivity contribution in [1.29, 1.82) is 0 Å². The molecule has 0 bridgehead atoms. The number of fused-ring (bicyclic) bond motifs is 1. The monoisotopic (exact) mass is 396 g/mol. The summed E-state index contributed by atoms with van der Waals surface area (Å²) >= 11 is 0. The van der Waals surface area contributed by atoms with E-state index in [-0.39, 0.29) is 16.8 Å². The summed E-state index contributed by atoms with van der Waals surface area (Å²) in [4.78, 5) is 31.0. The Bertz CT molecular complexity index is 1300. The Morgan fingerprint density at radius 1 is 0.933 bits per heavy atom. The van der Waals surface area contributed by atoms with Crippen molar-refractivity contribution in [3.63, 3.8) is 0 Å². The highest BCUT2D eigenvalue weighted by atomic mass is 16.1. The molecule has 0 fully saturated rings. The van der Waals surface area contributed by atoms with Gasteiger partial charge in [0, 0.05) is 24.0 Å². The summed E-state index contributed by atoms with van der Waals surface area (Å²) in [6.07, 6.45) is 2.58. The quantitative estimate of drug-likeness (QED) is 0.453. The molecular weight excluding hydrogens is 372 g/mol. The van der Waals surface area contributed by atoms with Gasteiger partial charge in [0.25, 0.3) is 0 Å². The molecule has 30 heavy (non-hydrogen) atoms. The lowest BCUT2D eigenvalue weighted by Crippen LogP contribution is -2.21. The van der Waals surface area contributed by atoms with Gasteiger partial charge in [0.1, 0.15) is 5.65 Å². The average Bonchev–Trinajstić information content (AvgIpc) is 2.76. The number of aryl methyl sites for hydroxylation is 3. The molecule has 0 N–H and O–H groups in total. The van der Waals surface area contributed by atoms with Gasteiger partial charge in [-0.1, -0.05) is 61.0 Å². The average molecular weight is 396 g/mol. The molecule has 0 aliphatic carbocycles. The molecule has 4 nitrogen and oxygen atoms in total. The van der Waals surface area contributed by atoms with Crippen LogP contribution in [0.3, 0.4) is 0 Å². The zero-order valence-electron chi connectivity index (χ0n) is 17.5. The fraction of sp³-hybridized carbons (Fsp3) is 0.192. The van der Waals surface area contributed by atoms with Crippen LogP contribution >= 0.6 is 0 Å². The number of carbonyl (C=O) groups excluding carboxylic acids is 1. The van der Waals surface area contributed by atoms with Crippen LogP contribution in [0.1, 0.15) is 45.2 Å². The third-order valence-electron chi connectivity index (χ3n) is 5.46. The summed E-state index contributed by atoms with van der Waals surface area (Å²) in [5, 5.41) is 0.465. The number of pyridine rings is 2. The van der Waals surface area contributed by atoms with Crippen molar-refractivity contribution in [1.82, 2.24) is 9.55 Å². The molecule has 0 radical (unpaired) electrons. The minimum Gasteiger partial charge on any atom is -0.327 e. The second-order valence-corrected chi connectivity index (χ2v) is 7.64. The van der Waals surface area contributed by atoms with Gasteiger partial charge >= 0.3 is 0 Å². The number of benzene rings is 2. The van der Waals surface area contributed by atoms with E-state index in [4.69, 9.17) is 0 Å². The molecule has 0 unspecified atom stereocenters. The molecule has 0 aliphatic heterocycles. The lowest BCUT2D eigenvalue weighted by molar-refractivity contribution is 0.103. The highest BCUT2D eigenvalue weighted by Gasteiger charge is 2.18. The van der Waals surface area contributed by atoms with Gasteiger partial charge in [-0.25, -0.2) is 4.98 Å². The SMILES string of the molecule is CCc1ccccc1Cn1cc(C(=O)c2ccc(C)cc2)c(=O)c2ccc(C)nc21. The zero-order valence-corrected chi connectivity index (χ0v) is 17.5. The van der Waals surface area contributed by atoms with E-state index >= 15 is 0 Å². The number of hydrogen-bond donors (Lipinski definition) is 0.